The Bertz CT molecular complexity index is 119. The Hall–Kier alpha value is -0.505. The number of hydrogen-bond acceptors (Lipinski definition) is 2. The maximum atomic E-state index is 10.8. The number of carbonyl (C=O) groups excluding carboxylic acids is 1. The number of hydrogen-bond donors (Lipinski definition) is 1. The van der Waals surface area contributed by atoms with Crippen molar-refractivity contribution in [2.75, 3.05) is 13.7 Å². The van der Waals surface area contributed by atoms with Crippen molar-refractivity contribution in [1.82, 2.24) is 5.32 Å². The van der Waals surface area contributed by atoms with Gasteiger partial charge in [0.2, 0.25) is 5.91 Å². The van der Waals surface area contributed by atoms with Gasteiger partial charge in [0.15, 0.2) is 0 Å². The molecule has 0 aromatic carbocycles. The molecule has 0 aliphatic rings. The van der Waals surface area contributed by atoms with Gasteiger partial charge in [0.25, 0.3) is 0 Å². The largest absolute Gasteiger partial charge is 0.383 e. The first-order valence-corrected chi connectivity index (χ1v) is 3.73. The summed E-state index contributed by atoms with van der Waals surface area (Å²) in [6.45, 7) is 2.53. The highest BCUT2D eigenvalue weighted by molar-refractivity contribution is 6.19. The van der Waals surface area contributed by atoms with E-state index in [1.54, 1.807) is 7.11 Å². The minimum atomic E-state index is -0.131. The van der Waals surface area contributed by atoms with Crippen LogP contribution in [-0.2, 0) is 9.53 Å². The van der Waals surface area contributed by atoms with Gasteiger partial charge in [-0.2, -0.15) is 0 Å². The summed E-state index contributed by atoms with van der Waals surface area (Å²) in [4.78, 5) is 10.8. The summed E-state index contributed by atoms with van der Waals surface area (Å²) in [6.07, 6.45) is 0.903. The average Bonchev–Trinajstić information content (AvgIpc) is 2.03. The molecule has 1 amide bonds. The van der Waals surface area contributed by atoms with Crippen LogP contribution in [0.2, 0.25) is 6.32 Å². The van der Waals surface area contributed by atoms with Crippen LogP contribution in [0.15, 0.2) is 0 Å². The summed E-state index contributed by atoms with van der Waals surface area (Å²) in [6, 6.07) is 0.0936. The predicted octanol–water partition coefficient (Wildman–Crippen LogP) is 0.114. The highest BCUT2D eigenvalue weighted by Gasteiger charge is 2.06. The fourth-order valence-corrected chi connectivity index (χ4v) is 0.749. The normalized spacial score (nSPS) is 12.5. The number of ether oxygens (including phenoxy) is 1. The summed E-state index contributed by atoms with van der Waals surface area (Å²) in [7, 11) is 6.73. The second-order valence-electron chi connectivity index (χ2n) is 2.33. The monoisotopic (exact) mass is 155 g/mol. The smallest absolute Gasteiger partial charge is 0.211 e. The number of nitrogens with one attached hydrogen (secondary N) is 1. The van der Waals surface area contributed by atoms with Crippen LogP contribution in [0.3, 0.4) is 0 Å². The molecule has 62 valence electrons. The Kier molecular flexibility index (Phi) is 5.94. The highest BCUT2D eigenvalue weighted by Crippen LogP contribution is 1.91. The van der Waals surface area contributed by atoms with Crippen LogP contribution in [-0.4, -0.2) is 33.5 Å². The Balaban J connectivity index is 3.58. The molecule has 0 aromatic heterocycles. The van der Waals surface area contributed by atoms with E-state index in [2.05, 4.69) is 5.32 Å². The lowest BCUT2D eigenvalue weighted by Crippen LogP contribution is -2.37. The molecule has 0 aliphatic carbocycles. The lowest BCUT2D eigenvalue weighted by molar-refractivity contribution is -0.120. The predicted molar refractivity (Wildman–Crippen MR) is 44.7 cm³/mol. The van der Waals surface area contributed by atoms with E-state index in [1.165, 1.54) is 0 Å². The molecule has 3 nitrogen and oxygen atoms in total. The second-order valence-corrected chi connectivity index (χ2v) is 2.33. The van der Waals surface area contributed by atoms with Crippen molar-refractivity contribution in [3.63, 3.8) is 0 Å². The molecule has 0 aliphatic heterocycles. The average molecular weight is 155 g/mol. The fraction of sp³-hybridized carbons (Fsp3) is 0.857. The lowest BCUT2D eigenvalue weighted by atomic mass is 10.0. The first-order valence-electron chi connectivity index (χ1n) is 3.73. The van der Waals surface area contributed by atoms with Crippen molar-refractivity contribution in [2.45, 2.75) is 25.7 Å². The molecule has 1 unspecified atom stereocenters. The number of rotatable bonds is 5. The molecule has 1 N–H and O–H groups in total. The number of carbonyl (C=O) groups is 1. The molecule has 0 aromatic rings. The molecule has 0 heterocycles. The Labute approximate surface area is 68.9 Å². The van der Waals surface area contributed by atoms with E-state index in [9.17, 15) is 4.79 Å². The van der Waals surface area contributed by atoms with Gasteiger partial charge in [-0.3, -0.25) is 4.79 Å². The topological polar surface area (TPSA) is 38.3 Å². The minimum Gasteiger partial charge on any atom is -0.383 e. The molecule has 0 saturated heterocycles. The lowest BCUT2D eigenvalue weighted by Gasteiger charge is -2.14. The molecule has 2 radical (unpaired) electrons. The second kappa shape index (κ2) is 6.22. The van der Waals surface area contributed by atoms with E-state index >= 15 is 0 Å². The third-order valence-corrected chi connectivity index (χ3v) is 1.41. The van der Waals surface area contributed by atoms with Crippen molar-refractivity contribution in [2.24, 2.45) is 0 Å². The molecular formula is C7H14BNO2. The molecule has 0 rings (SSSR count). The van der Waals surface area contributed by atoms with Crippen LogP contribution in [0.1, 0.15) is 13.3 Å². The zero-order valence-corrected chi connectivity index (χ0v) is 7.09. The van der Waals surface area contributed by atoms with Gasteiger partial charge in [-0.1, -0.05) is 6.92 Å². The molecule has 0 bridgehead atoms. The first kappa shape index (κ1) is 10.5. The van der Waals surface area contributed by atoms with E-state index in [-0.39, 0.29) is 18.3 Å². The quantitative estimate of drug-likeness (QED) is 0.572. The zero-order chi connectivity index (χ0) is 8.69. The van der Waals surface area contributed by atoms with E-state index in [1.807, 2.05) is 6.92 Å². The summed E-state index contributed by atoms with van der Waals surface area (Å²) in [5.41, 5.74) is 0. The molecule has 4 heteroatoms. The van der Waals surface area contributed by atoms with Gasteiger partial charge in [-0.15, -0.1) is 0 Å². The maximum absolute atomic E-state index is 10.8. The van der Waals surface area contributed by atoms with Crippen molar-refractivity contribution < 1.29 is 9.53 Å². The van der Waals surface area contributed by atoms with Crippen LogP contribution < -0.4 is 5.32 Å². The number of methoxy groups -OCH3 is 1. The van der Waals surface area contributed by atoms with Gasteiger partial charge in [0.1, 0.15) is 0 Å². The fourth-order valence-electron chi connectivity index (χ4n) is 0.749. The molecule has 1 atom stereocenters. The van der Waals surface area contributed by atoms with Gasteiger partial charge in [0.05, 0.1) is 20.5 Å². The summed E-state index contributed by atoms with van der Waals surface area (Å²) >= 11 is 0. The van der Waals surface area contributed by atoms with Crippen LogP contribution in [0.5, 0.6) is 0 Å². The Morgan fingerprint density at radius 3 is 2.73 bits per heavy atom. The van der Waals surface area contributed by atoms with Gasteiger partial charge < -0.3 is 10.1 Å². The van der Waals surface area contributed by atoms with Crippen molar-refractivity contribution in [3.8, 4) is 0 Å². The zero-order valence-electron chi connectivity index (χ0n) is 7.09. The van der Waals surface area contributed by atoms with Gasteiger partial charge in [0, 0.05) is 7.11 Å². The van der Waals surface area contributed by atoms with Crippen molar-refractivity contribution >= 4 is 13.8 Å². The third-order valence-electron chi connectivity index (χ3n) is 1.41. The SMILES string of the molecule is [B]CC(=O)NC(CC)COC. The summed E-state index contributed by atoms with van der Waals surface area (Å²) in [5, 5.41) is 2.73. The first-order chi connectivity index (χ1) is 5.24. The molecule has 11 heavy (non-hydrogen) atoms. The third kappa shape index (κ3) is 4.84. The van der Waals surface area contributed by atoms with E-state index < -0.39 is 0 Å². The van der Waals surface area contributed by atoms with Crippen LogP contribution in [0.25, 0.3) is 0 Å². The molecular weight excluding hydrogens is 141 g/mol. The Morgan fingerprint density at radius 2 is 2.36 bits per heavy atom. The minimum absolute atomic E-state index is 0.0419. The van der Waals surface area contributed by atoms with E-state index in [0.717, 1.165) is 6.42 Å². The maximum Gasteiger partial charge on any atom is 0.211 e. The summed E-state index contributed by atoms with van der Waals surface area (Å²) in [5.74, 6) is -0.131. The highest BCUT2D eigenvalue weighted by atomic mass is 16.5. The van der Waals surface area contributed by atoms with Crippen LogP contribution >= 0.6 is 0 Å². The summed E-state index contributed by atoms with van der Waals surface area (Å²) < 4.78 is 4.88. The standard InChI is InChI=1S/C7H14BNO2/c1-3-6(5-11-2)9-7(10)4-8/h6H,3-5H2,1-2H3,(H,9,10). The van der Waals surface area contributed by atoms with Crippen LogP contribution in [0, 0.1) is 0 Å². The van der Waals surface area contributed by atoms with Crippen molar-refractivity contribution in [3.05, 3.63) is 0 Å². The van der Waals surface area contributed by atoms with Crippen molar-refractivity contribution in [1.29, 1.82) is 0 Å². The van der Waals surface area contributed by atoms with Gasteiger partial charge in [-0.25, -0.2) is 0 Å². The van der Waals surface area contributed by atoms with E-state index in [4.69, 9.17) is 12.6 Å². The van der Waals surface area contributed by atoms with Gasteiger partial charge >= 0.3 is 0 Å². The molecule has 0 fully saturated rings. The van der Waals surface area contributed by atoms with Gasteiger partial charge in [-0.05, 0) is 12.7 Å². The van der Waals surface area contributed by atoms with Crippen LogP contribution in [0.4, 0.5) is 0 Å². The molecule has 0 saturated carbocycles. The Morgan fingerprint density at radius 1 is 1.73 bits per heavy atom. The number of amides is 1. The molecule has 0 spiro atoms. The van der Waals surface area contributed by atoms with E-state index in [0.29, 0.717) is 6.61 Å².